The molecule has 0 aliphatic carbocycles. The van der Waals surface area contributed by atoms with E-state index < -0.39 is 10.7 Å². The predicted molar refractivity (Wildman–Crippen MR) is 63.5 cm³/mol. The van der Waals surface area contributed by atoms with Gasteiger partial charge in [-0.2, -0.15) is 0 Å². The molecular formula is C11H22NO2S. The molecule has 0 saturated carbocycles. The van der Waals surface area contributed by atoms with Crippen LogP contribution in [0.25, 0.3) is 0 Å². The van der Waals surface area contributed by atoms with Gasteiger partial charge in [-0.15, -0.1) is 0 Å². The van der Waals surface area contributed by atoms with Crippen LogP contribution >= 0.6 is 0 Å². The van der Waals surface area contributed by atoms with Gasteiger partial charge in [-0.3, -0.25) is 0 Å². The molecule has 2 atom stereocenters. The van der Waals surface area contributed by atoms with E-state index in [-0.39, 0.29) is 5.25 Å². The summed E-state index contributed by atoms with van der Waals surface area (Å²) in [6.45, 7) is 8.48. The van der Waals surface area contributed by atoms with Crippen molar-refractivity contribution in [1.29, 1.82) is 0 Å². The van der Waals surface area contributed by atoms with Gasteiger partial charge in [0.15, 0.2) is 0 Å². The first-order valence-corrected chi connectivity index (χ1v) is 7.03. The lowest BCUT2D eigenvalue weighted by molar-refractivity contribution is 0.170. The molecule has 1 heterocycles. The summed E-state index contributed by atoms with van der Waals surface area (Å²) in [5, 5.41) is -0.210. The van der Waals surface area contributed by atoms with E-state index in [4.69, 9.17) is 0 Å². The molecule has 1 aliphatic heterocycles. The van der Waals surface area contributed by atoms with Crippen molar-refractivity contribution in [1.82, 2.24) is 4.90 Å². The zero-order valence-electron chi connectivity index (χ0n) is 9.52. The quantitative estimate of drug-likeness (QED) is 0.726. The van der Waals surface area contributed by atoms with E-state index in [2.05, 4.69) is 11.8 Å². The molecule has 0 N–H and O–H groups in total. The van der Waals surface area contributed by atoms with Gasteiger partial charge in [0.05, 0.1) is 5.25 Å². The second kappa shape index (κ2) is 6.48. The van der Waals surface area contributed by atoms with Gasteiger partial charge >= 0.3 is 0 Å². The molecule has 15 heavy (non-hydrogen) atoms. The standard InChI is InChI=1S/C11H22NO2S/c1-3-5-11-6-4-7-12(9-11)8-10(2)15(13)14/h10-11,15H,1,3-9H2,2H3. The molecule has 0 aromatic heterocycles. The van der Waals surface area contributed by atoms with Gasteiger partial charge in [-0.05, 0) is 38.6 Å². The van der Waals surface area contributed by atoms with Crippen LogP contribution in [0.15, 0.2) is 0 Å². The maximum Gasteiger partial charge on any atom is 0.143 e. The van der Waals surface area contributed by atoms with Gasteiger partial charge in [0, 0.05) is 13.1 Å². The summed E-state index contributed by atoms with van der Waals surface area (Å²) in [6.07, 6.45) is 4.65. The molecule has 1 radical (unpaired) electrons. The highest BCUT2D eigenvalue weighted by Gasteiger charge is 2.20. The Hall–Kier alpha value is -0.0900. The van der Waals surface area contributed by atoms with Crippen LogP contribution in [0.3, 0.4) is 0 Å². The third kappa shape index (κ3) is 4.51. The maximum atomic E-state index is 10.8. The molecule has 2 unspecified atom stereocenters. The van der Waals surface area contributed by atoms with Gasteiger partial charge in [0.25, 0.3) is 0 Å². The van der Waals surface area contributed by atoms with Crippen molar-refractivity contribution in [2.24, 2.45) is 5.92 Å². The SMILES string of the molecule is [CH2]CCC1CCCN(CC(C)[SH](=O)=O)C1. The van der Waals surface area contributed by atoms with E-state index in [1.54, 1.807) is 6.92 Å². The van der Waals surface area contributed by atoms with Gasteiger partial charge in [-0.25, -0.2) is 8.42 Å². The van der Waals surface area contributed by atoms with Crippen molar-refractivity contribution in [2.75, 3.05) is 19.6 Å². The van der Waals surface area contributed by atoms with Crippen LogP contribution < -0.4 is 0 Å². The lowest BCUT2D eigenvalue weighted by Gasteiger charge is -2.33. The van der Waals surface area contributed by atoms with E-state index in [9.17, 15) is 8.42 Å². The summed E-state index contributed by atoms with van der Waals surface area (Å²) < 4.78 is 21.6. The molecule has 0 amide bonds. The normalized spacial score (nSPS) is 25.7. The Morgan fingerprint density at radius 3 is 2.87 bits per heavy atom. The van der Waals surface area contributed by atoms with Gasteiger partial charge in [0.2, 0.25) is 0 Å². The first kappa shape index (κ1) is 13.0. The number of hydrogen-bond acceptors (Lipinski definition) is 3. The minimum atomic E-state index is -2.26. The summed E-state index contributed by atoms with van der Waals surface area (Å²) in [6, 6.07) is 0. The fourth-order valence-electron chi connectivity index (χ4n) is 2.28. The van der Waals surface area contributed by atoms with Crippen molar-refractivity contribution in [2.45, 2.75) is 37.9 Å². The molecule has 0 aromatic rings. The Morgan fingerprint density at radius 2 is 2.27 bits per heavy atom. The number of nitrogens with zero attached hydrogens (tertiary/aromatic N) is 1. The third-order valence-corrected chi connectivity index (χ3v) is 3.98. The zero-order chi connectivity index (χ0) is 11.3. The molecule has 1 fully saturated rings. The van der Waals surface area contributed by atoms with Crippen LogP contribution in [0.1, 0.15) is 32.6 Å². The third-order valence-electron chi connectivity index (χ3n) is 3.10. The average Bonchev–Trinajstić information content (AvgIpc) is 2.18. The highest BCUT2D eigenvalue weighted by atomic mass is 32.2. The topological polar surface area (TPSA) is 37.4 Å². The first-order valence-electron chi connectivity index (χ1n) is 5.78. The van der Waals surface area contributed by atoms with E-state index in [1.807, 2.05) is 0 Å². The van der Waals surface area contributed by atoms with Crippen LogP contribution in [-0.2, 0) is 10.7 Å². The largest absolute Gasteiger partial charge is 0.302 e. The number of hydrogen-bond donors (Lipinski definition) is 1. The predicted octanol–water partition coefficient (Wildman–Crippen LogP) is 1.31. The number of piperidine rings is 1. The van der Waals surface area contributed by atoms with Crippen molar-refractivity contribution >= 4 is 10.7 Å². The molecule has 89 valence electrons. The number of rotatable bonds is 5. The second-order valence-electron chi connectivity index (χ2n) is 4.54. The highest BCUT2D eigenvalue weighted by molar-refractivity contribution is 7.73. The van der Waals surface area contributed by atoms with E-state index >= 15 is 0 Å². The summed E-state index contributed by atoms with van der Waals surface area (Å²) >= 11 is 0. The molecule has 1 saturated heterocycles. The molecule has 0 aromatic carbocycles. The fourth-order valence-corrected chi connectivity index (χ4v) is 2.65. The van der Waals surface area contributed by atoms with Crippen LogP contribution in [0.5, 0.6) is 0 Å². The summed E-state index contributed by atoms with van der Waals surface area (Å²) in [5.41, 5.74) is 0. The highest BCUT2D eigenvalue weighted by Crippen LogP contribution is 2.20. The lowest BCUT2D eigenvalue weighted by atomic mass is 9.94. The molecule has 1 aliphatic rings. The number of thiol groups is 1. The summed E-state index contributed by atoms with van der Waals surface area (Å²) in [5.74, 6) is 0.730. The smallest absolute Gasteiger partial charge is 0.143 e. The second-order valence-corrected chi connectivity index (χ2v) is 6.00. The van der Waals surface area contributed by atoms with Crippen molar-refractivity contribution in [3.8, 4) is 0 Å². The van der Waals surface area contributed by atoms with Gasteiger partial charge < -0.3 is 4.90 Å². The minimum Gasteiger partial charge on any atom is -0.302 e. The van der Waals surface area contributed by atoms with Crippen molar-refractivity contribution in [3.05, 3.63) is 6.92 Å². The molecule has 4 heteroatoms. The first-order chi connectivity index (χ1) is 7.13. The monoisotopic (exact) mass is 232 g/mol. The maximum absolute atomic E-state index is 10.8. The van der Waals surface area contributed by atoms with Crippen LogP contribution in [0.4, 0.5) is 0 Å². The lowest BCUT2D eigenvalue weighted by Crippen LogP contribution is -2.39. The summed E-state index contributed by atoms with van der Waals surface area (Å²) in [4.78, 5) is 2.29. The van der Waals surface area contributed by atoms with E-state index in [0.717, 1.165) is 25.4 Å². The Bertz CT molecular complexity index is 243. The fraction of sp³-hybridized carbons (Fsp3) is 0.909. The molecular weight excluding hydrogens is 210 g/mol. The van der Waals surface area contributed by atoms with Crippen LogP contribution in [0.2, 0.25) is 0 Å². The Morgan fingerprint density at radius 1 is 1.53 bits per heavy atom. The zero-order valence-corrected chi connectivity index (χ0v) is 10.4. The number of likely N-dealkylation sites (tertiary alicyclic amines) is 1. The Balaban J connectivity index is 2.35. The van der Waals surface area contributed by atoms with Crippen molar-refractivity contribution in [3.63, 3.8) is 0 Å². The molecule has 3 nitrogen and oxygen atoms in total. The Labute approximate surface area is 94.8 Å². The average molecular weight is 232 g/mol. The van der Waals surface area contributed by atoms with Crippen molar-refractivity contribution < 1.29 is 8.42 Å². The van der Waals surface area contributed by atoms with Gasteiger partial charge in [-0.1, -0.05) is 13.3 Å². The minimum absolute atomic E-state index is 0.210. The summed E-state index contributed by atoms with van der Waals surface area (Å²) in [7, 11) is -2.26. The van der Waals surface area contributed by atoms with E-state index in [0.29, 0.717) is 6.54 Å². The Kier molecular flexibility index (Phi) is 5.61. The molecule has 1 rings (SSSR count). The van der Waals surface area contributed by atoms with E-state index in [1.165, 1.54) is 19.3 Å². The molecule has 0 spiro atoms. The van der Waals surface area contributed by atoms with Crippen LogP contribution in [-0.4, -0.2) is 38.2 Å². The molecule has 0 bridgehead atoms. The van der Waals surface area contributed by atoms with Crippen LogP contribution in [0, 0.1) is 12.8 Å². The van der Waals surface area contributed by atoms with Gasteiger partial charge in [0.1, 0.15) is 10.7 Å².